The lowest BCUT2D eigenvalue weighted by Crippen LogP contribution is -2.62. The van der Waals surface area contributed by atoms with Crippen LogP contribution in [0.5, 0.6) is 0 Å². The van der Waals surface area contributed by atoms with Crippen LogP contribution in [-0.4, -0.2) is 27.5 Å². The van der Waals surface area contributed by atoms with Crippen LogP contribution < -0.4 is 5.73 Å². The summed E-state index contributed by atoms with van der Waals surface area (Å²) in [5.41, 5.74) is 4.03. The quantitative estimate of drug-likeness (QED) is 0.867. The van der Waals surface area contributed by atoms with Gasteiger partial charge in [0.25, 0.3) is 0 Å². The number of hydrogen-bond acceptors (Lipinski definition) is 2. The van der Waals surface area contributed by atoms with Gasteiger partial charge in [0.1, 0.15) is 5.54 Å². The number of carbonyl (C=O) groups excluding carboxylic acids is 1. The minimum absolute atomic E-state index is 0.257. The molecule has 1 unspecified atom stereocenters. The van der Waals surface area contributed by atoms with Crippen LogP contribution >= 0.6 is 15.9 Å². The minimum atomic E-state index is -1.40. The van der Waals surface area contributed by atoms with E-state index in [4.69, 9.17) is 5.73 Å². The zero-order valence-electron chi connectivity index (χ0n) is 12.7. The minimum Gasteiger partial charge on any atom is -0.465 e. The van der Waals surface area contributed by atoms with Gasteiger partial charge in [-0.25, -0.2) is 4.79 Å². The first-order valence-electron chi connectivity index (χ1n) is 6.66. The second-order valence-corrected chi connectivity index (χ2v) is 6.79. The number of nitrogens with zero attached hydrogens (tertiary/aromatic N) is 1. The van der Waals surface area contributed by atoms with Crippen LogP contribution in [0.25, 0.3) is 0 Å². The van der Waals surface area contributed by atoms with Gasteiger partial charge < -0.3 is 10.8 Å². The Morgan fingerprint density at radius 3 is 2.00 bits per heavy atom. The van der Waals surface area contributed by atoms with Gasteiger partial charge >= 0.3 is 6.09 Å². The fraction of sp³-hybridized carbons (Fsp3) is 0.467. The molecule has 0 aliphatic heterocycles. The lowest BCUT2D eigenvalue weighted by Gasteiger charge is -2.47. The monoisotopic (exact) mass is 356 g/mol. The van der Waals surface area contributed by atoms with Gasteiger partial charge in [-0.1, -0.05) is 35.0 Å². The summed E-state index contributed by atoms with van der Waals surface area (Å²) >= 11 is 3.33. The number of nitrogens with two attached hydrogens (primary N) is 1. The molecule has 1 atom stereocenters. The van der Waals surface area contributed by atoms with Crippen molar-refractivity contribution >= 4 is 27.9 Å². The SMILES string of the molecule is CCC(C(N)=O)(c1ccc(Br)cc1)N(C(=O)O)C(C)(C)C. The number of carbonyl (C=O) groups is 2. The Morgan fingerprint density at radius 2 is 1.71 bits per heavy atom. The summed E-state index contributed by atoms with van der Waals surface area (Å²) in [4.78, 5) is 25.2. The van der Waals surface area contributed by atoms with Gasteiger partial charge in [0.2, 0.25) is 5.91 Å². The van der Waals surface area contributed by atoms with Gasteiger partial charge in [-0.3, -0.25) is 9.69 Å². The van der Waals surface area contributed by atoms with E-state index in [9.17, 15) is 14.7 Å². The summed E-state index contributed by atoms with van der Waals surface area (Å²) in [5, 5.41) is 9.65. The molecule has 0 fully saturated rings. The Labute approximate surface area is 133 Å². The van der Waals surface area contributed by atoms with E-state index >= 15 is 0 Å². The van der Waals surface area contributed by atoms with Gasteiger partial charge in [-0.15, -0.1) is 0 Å². The van der Waals surface area contributed by atoms with Crippen molar-refractivity contribution < 1.29 is 14.7 Å². The molecule has 0 bridgehead atoms. The summed E-state index contributed by atoms with van der Waals surface area (Å²) in [7, 11) is 0. The smallest absolute Gasteiger partial charge is 0.408 e. The van der Waals surface area contributed by atoms with E-state index in [0.717, 1.165) is 9.37 Å². The topological polar surface area (TPSA) is 83.6 Å². The summed E-state index contributed by atoms with van der Waals surface area (Å²) in [6.45, 7) is 6.99. The summed E-state index contributed by atoms with van der Waals surface area (Å²) in [5.74, 6) is -0.676. The fourth-order valence-corrected chi connectivity index (χ4v) is 2.93. The molecule has 116 valence electrons. The van der Waals surface area contributed by atoms with Crippen LogP contribution in [0.2, 0.25) is 0 Å². The molecule has 2 amide bonds. The third-order valence-corrected chi connectivity index (χ3v) is 4.01. The molecule has 0 aliphatic rings. The van der Waals surface area contributed by atoms with E-state index in [0.29, 0.717) is 5.56 Å². The fourth-order valence-electron chi connectivity index (χ4n) is 2.67. The summed E-state index contributed by atoms with van der Waals surface area (Å²) < 4.78 is 0.846. The number of rotatable bonds is 4. The van der Waals surface area contributed by atoms with Crippen LogP contribution in [-0.2, 0) is 10.3 Å². The number of halogens is 1. The second kappa shape index (κ2) is 6.05. The molecule has 0 spiro atoms. The van der Waals surface area contributed by atoms with Crippen molar-refractivity contribution in [2.75, 3.05) is 0 Å². The maximum absolute atomic E-state index is 12.2. The van der Waals surface area contributed by atoms with E-state index < -0.39 is 23.1 Å². The average Bonchev–Trinajstić information content (AvgIpc) is 2.34. The van der Waals surface area contributed by atoms with Crippen molar-refractivity contribution in [1.29, 1.82) is 0 Å². The van der Waals surface area contributed by atoms with Crippen molar-refractivity contribution in [3.63, 3.8) is 0 Å². The van der Waals surface area contributed by atoms with Crippen LogP contribution in [0.3, 0.4) is 0 Å². The van der Waals surface area contributed by atoms with Gasteiger partial charge in [0.15, 0.2) is 0 Å². The van der Waals surface area contributed by atoms with Crippen molar-refractivity contribution in [3.05, 3.63) is 34.3 Å². The highest BCUT2D eigenvalue weighted by molar-refractivity contribution is 9.10. The van der Waals surface area contributed by atoms with Crippen LogP contribution in [0, 0.1) is 0 Å². The van der Waals surface area contributed by atoms with E-state index in [1.807, 2.05) is 0 Å². The molecule has 1 aromatic carbocycles. The highest BCUT2D eigenvalue weighted by atomic mass is 79.9. The summed E-state index contributed by atoms with van der Waals surface area (Å²) in [6, 6.07) is 6.98. The highest BCUT2D eigenvalue weighted by Gasteiger charge is 2.50. The van der Waals surface area contributed by atoms with Crippen LogP contribution in [0.1, 0.15) is 39.7 Å². The molecule has 6 heteroatoms. The molecule has 0 aliphatic carbocycles. The molecular formula is C15H21BrN2O3. The molecule has 21 heavy (non-hydrogen) atoms. The van der Waals surface area contributed by atoms with Gasteiger partial charge in [0, 0.05) is 10.0 Å². The van der Waals surface area contributed by atoms with Crippen LogP contribution in [0.15, 0.2) is 28.7 Å². The zero-order valence-corrected chi connectivity index (χ0v) is 14.3. The largest absolute Gasteiger partial charge is 0.465 e. The molecule has 0 aromatic heterocycles. The first kappa shape index (κ1) is 17.5. The molecule has 3 N–H and O–H groups in total. The molecule has 0 saturated carbocycles. The second-order valence-electron chi connectivity index (χ2n) is 5.87. The number of benzene rings is 1. The molecule has 5 nitrogen and oxygen atoms in total. The number of primary amides is 1. The highest BCUT2D eigenvalue weighted by Crippen LogP contribution is 2.37. The van der Waals surface area contributed by atoms with E-state index in [1.165, 1.54) is 0 Å². The van der Waals surface area contributed by atoms with Crippen LogP contribution in [0.4, 0.5) is 4.79 Å². The van der Waals surface area contributed by atoms with Crippen molar-refractivity contribution in [2.45, 2.75) is 45.2 Å². The first-order chi connectivity index (χ1) is 9.57. The molecule has 0 radical (unpaired) electrons. The van der Waals surface area contributed by atoms with Gasteiger partial charge in [0.05, 0.1) is 0 Å². The predicted molar refractivity (Wildman–Crippen MR) is 84.9 cm³/mol. The number of carboxylic acid groups (broad SMARTS) is 1. The van der Waals surface area contributed by atoms with E-state index in [-0.39, 0.29) is 6.42 Å². The Bertz CT molecular complexity index is 537. The van der Waals surface area contributed by atoms with Crippen molar-refractivity contribution in [3.8, 4) is 0 Å². The molecular weight excluding hydrogens is 336 g/mol. The standard InChI is InChI=1S/C15H21BrN2O3/c1-5-15(12(17)19,10-6-8-11(16)9-7-10)18(13(20)21)14(2,3)4/h6-9H,5H2,1-4H3,(H2,17,19)(H,20,21). The molecule has 1 aromatic rings. The molecule has 0 saturated heterocycles. The normalized spacial score (nSPS) is 14.3. The van der Waals surface area contributed by atoms with Gasteiger partial charge in [-0.2, -0.15) is 0 Å². The van der Waals surface area contributed by atoms with Gasteiger partial charge in [-0.05, 0) is 44.9 Å². The van der Waals surface area contributed by atoms with Crippen molar-refractivity contribution in [1.82, 2.24) is 4.90 Å². The lowest BCUT2D eigenvalue weighted by molar-refractivity contribution is -0.133. The summed E-state index contributed by atoms with van der Waals surface area (Å²) in [6.07, 6.45) is -0.917. The van der Waals surface area contributed by atoms with E-state index in [1.54, 1.807) is 52.0 Å². The Hall–Kier alpha value is -1.56. The number of amides is 2. The lowest BCUT2D eigenvalue weighted by atomic mass is 9.81. The predicted octanol–water partition coefficient (Wildman–Crippen LogP) is 3.32. The third kappa shape index (κ3) is 3.20. The Balaban J connectivity index is 3.63. The zero-order chi connectivity index (χ0) is 16.4. The Morgan fingerprint density at radius 1 is 1.24 bits per heavy atom. The first-order valence-corrected chi connectivity index (χ1v) is 7.46. The maximum Gasteiger partial charge on any atom is 0.408 e. The maximum atomic E-state index is 12.2. The molecule has 0 heterocycles. The number of hydrogen-bond donors (Lipinski definition) is 2. The van der Waals surface area contributed by atoms with E-state index in [2.05, 4.69) is 15.9 Å². The van der Waals surface area contributed by atoms with Crippen molar-refractivity contribution in [2.24, 2.45) is 5.73 Å². The molecule has 1 rings (SSSR count). The Kier molecular flexibility index (Phi) is 5.04. The average molecular weight is 357 g/mol. The third-order valence-electron chi connectivity index (χ3n) is 3.48.